The fourth-order valence-electron chi connectivity index (χ4n) is 2.32. The van der Waals surface area contributed by atoms with E-state index in [0.717, 1.165) is 29.6 Å². The van der Waals surface area contributed by atoms with Gasteiger partial charge in [0.25, 0.3) is 0 Å². The van der Waals surface area contributed by atoms with Gasteiger partial charge in [-0.1, -0.05) is 25.0 Å². The molecule has 0 bridgehead atoms. The van der Waals surface area contributed by atoms with Crippen molar-refractivity contribution in [2.75, 3.05) is 12.4 Å². The monoisotopic (exact) mass is 265 g/mol. The highest BCUT2D eigenvalue weighted by Gasteiger charge is 2.14. The Kier molecular flexibility index (Phi) is 5.88. The average Bonchev–Trinajstić information content (AvgIpc) is 2.92. The van der Waals surface area contributed by atoms with Gasteiger partial charge in [-0.15, -0.1) is 0 Å². The van der Waals surface area contributed by atoms with Gasteiger partial charge in [-0.3, -0.25) is 0 Å². The summed E-state index contributed by atoms with van der Waals surface area (Å²) in [6, 6.07) is 8.07. The molecule has 1 fully saturated rings. The summed E-state index contributed by atoms with van der Waals surface area (Å²) in [5, 5.41) is 0.922. The highest BCUT2D eigenvalue weighted by atomic mass is 32.2. The van der Waals surface area contributed by atoms with Crippen LogP contribution >= 0.6 is 11.8 Å². The lowest BCUT2D eigenvalue weighted by atomic mass is 10.2. The average molecular weight is 265 g/mol. The molecule has 1 aliphatic rings. The Morgan fingerprint density at radius 1 is 1.28 bits per heavy atom. The SMILES string of the molecule is NCc1cccc(OCCCSC2CCCC2)c1. The van der Waals surface area contributed by atoms with Crippen LogP contribution in [0.15, 0.2) is 24.3 Å². The number of benzene rings is 1. The van der Waals surface area contributed by atoms with Gasteiger partial charge in [-0.05, 0) is 42.7 Å². The zero-order valence-corrected chi connectivity index (χ0v) is 11.8. The van der Waals surface area contributed by atoms with Crippen LogP contribution in [0.3, 0.4) is 0 Å². The van der Waals surface area contributed by atoms with Gasteiger partial charge < -0.3 is 10.5 Å². The van der Waals surface area contributed by atoms with Crippen LogP contribution in [0.2, 0.25) is 0 Å². The standard InChI is InChI=1S/C15H23NOS/c16-12-13-5-3-6-14(11-13)17-9-4-10-18-15-7-1-2-8-15/h3,5-6,11,15H,1-2,4,7-10,12,16H2. The molecule has 18 heavy (non-hydrogen) atoms. The van der Waals surface area contributed by atoms with Crippen LogP contribution in [0.25, 0.3) is 0 Å². The molecule has 2 N–H and O–H groups in total. The zero-order chi connectivity index (χ0) is 12.6. The lowest BCUT2D eigenvalue weighted by molar-refractivity contribution is 0.318. The van der Waals surface area contributed by atoms with E-state index in [1.807, 2.05) is 24.3 Å². The predicted molar refractivity (Wildman–Crippen MR) is 79.2 cm³/mol. The van der Waals surface area contributed by atoms with E-state index in [-0.39, 0.29) is 0 Å². The Morgan fingerprint density at radius 3 is 2.89 bits per heavy atom. The molecule has 100 valence electrons. The fraction of sp³-hybridized carbons (Fsp3) is 0.600. The first kappa shape index (κ1) is 13.8. The Labute approximate surface area is 114 Å². The molecule has 0 unspecified atom stereocenters. The lowest BCUT2D eigenvalue weighted by Gasteiger charge is -2.10. The van der Waals surface area contributed by atoms with Crippen LogP contribution < -0.4 is 10.5 Å². The normalized spacial score (nSPS) is 16.1. The van der Waals surface area contributed by atoms with Gasteiger partial charge in [0.1, 0.15) is 5.75 Å². The van der Waals surface area contributed by atoms with Crippen LogP contribution in [-0.4, -0.2) is 17.6 Å². The van der Waals surface area contributed by atoms with Gasteiger partial charge in [0.15, 0.2) is 0 Å². The molecular formula is C15H23NOS. The number of thioether (sulfide) groups is 1. The van der Waals surface area contributed by atoms with E-state index < -0.39 is 0 Å². The van der Waals surface area contributed by atoms with Gasteiger partial charge in [0.2, 0.25) is 0 Å². The van der Waals surface area contributed by atoms with Crippen LogP contribution in [0.5, 0.6) is 5.75 Å². The van der Waals surface area contributed by atoms with Gasteiger partial charge in [-0.25, -0.2) is 0 Å². The quantitative estimate of drug-likeness (QED) is 0.765. The van der Waals surface area contributed by atoms with E-state index in [4.69, 9.17) is 10.5 Å². The number of ether oxygens (including phenoxy) is 1. The van der Waals surface area contributed by atoms with Crippen LogP contribution in [0.4, 0.5) is 0 Å². The second kappa shape index (κ2) is 7.70. The Hall–Kier alpha value is -0.670. The summed E-state index contributed by atoms with van der Waals surface area (Å²) in [4.78, 5) is 0. The maximum absolute atomic E-state index is 5.74. The molecule has 2 rings (SSSR count). The molecule has 0 aromatic heterocycles. The number of hydrogen-bond donors (Lipinski definition) is 1. The lowest BCUT2D eigenvalue weighted by Crippen LogP contribution is -2.02. The third-order valence-corrected chi connectivity index (χ3v) is 4.81. The molecule has 0 atom stereocenters. The van der Waals surface area contributed by atoms with Crippen LogP contribution in [0.1, 0.15) is 37.7 Å². The Morgan fingerprint density at radius 2 is 2.11 bits per heavy atom. The summed E-state index contributed by atoms with van der Waals surface area (Å²) >= 11 is 2.13. The van der Waals surface area contributed by atoms with E-state index >= 15 is 0 Å². The molecule has 0 heterocycles. The van der Waals surface area contributed by atoms with Crippen molar-refractivity contribution in [2.45, 2.75) is 43.9 Å². The summed E-state index contributed by atoms with van der Waals surface area (Å²) in [7, 11) is 0. The molecule has 1 aliphatic carbocycles. The maximum Gasteiger partial charge on any atom is 0.119 e. The van der Waals surface area contributed by atoms with E-state index in [1.54, 1.807) is 0 Å². The summed E-state index contributed by atoms with van der Waals surface area (Å²) < 4.78 is 5.74. The van der Waals surface area contributed by atoms with Crippen molar-refractivity contribution in [1.29, 1.82) is 0 Å². The van der Waals surface area contributed by atoms with Crippen molar-refractivity contribution in [1.82, 2.24) is 0 Å². The third kappa shape index (κ3) is 4.54. The Balaban J connectivity index is 1.59. The molecule has 0 saturated heterocycles. The molecule has 2 nitrogen and oxygen atoms in total. The van der Waals surface area contributed by atoms with Crippen molar-refractivity contribution in [2.24, 2.45) is 5.73 Å². The van der Waals surface area contributed by atoms with Crippen molar-refractivity contribution < 1.29 is 4.74 Å². The molecular weight excluding hydrogens is 242 g/mol. The second-order valence-electron chi connectivity index (χ2n) is 4.83. The first-order chi connectivity index (χ1) is 8.88. The topological polar surface area (TPSA) is 35.2 Å². The number of nitrogens with two attached hydrogens (primary N) is 1. The summed E-state index contributed by atoms with van der Waals surface area (Å²) in [5.41, 5.74) is 6.74. The molecule has 3 heteroatoms. The molecule has 0 amide bonds. The summed E-state index contributed by atoms with van der Waals surface area (Å²) in [6.45, 7) is 1.39. The first-order valence-corrected chi connectivity index (χ1v) is 7.97. The Bertz CT molecular complexity index is 350. The zero-order valence-electron chi connectivity index (χ0n) is 10.9. The van der Waals surface area contributed by atoms with Gasteiger partial charge in [0.05, 0.1) is 6.61 Å². The third-order valence-electron chi connectivity index (χ3n) is 3.35. The number of hydrogen-bond acceptors (Lipinski definition) is 3. The largest absolute Gasteiger partial charge is 0.494 e. The van der Waals surface area contributed by atoms with Crippen molar-refractivity contribution in [3.05, 3.63) is 29.8 Å². The minimum absolute atomic E-state index is 0.578. The first-order valence-electron chi connectivity index (χ1n) is 6.92. The van der Waals surface area contributed by atoms with E-state index in [1.165, 1.54) is 31.4 Å². The summed E-state index contributed by atoms with van der Waals surface area (Å²) in [5.74, 6) is 2.17. The van der Waals surface area contributed by atoms with Crippen LogP contribution in [-0.2, 0) is 6.54 Å². The van der Waals surface area contributed by atoms with Gasteiger partial charge in [0, 0.05) is 11.8 Å². The van der Waals surface area contributed by atoms with Crippen LogP contribution in [0, 0.1) is 0 Å². The molecule has 1 aromatic carbocycles. The molecule has 0 radical (unpaired) electrons. The summed E-state index contributed by atoms with van der Waals surface area (Å²) in [6.07, 6.45) is 6.84. The van der Waals surface area contributed by atoms with E-state index in [9.17, 15) is 0 Å². The molecule has 1 saturated carbocycles. The second-order valence-corrected chi connectivity index (χ2v) is 6.24. The van der Waals surface area contributed by atoms with Gasteiger partial charge in [-0.2, -0.15) is 11.8 Å². The smallest absolute Gasteiger partial charge is 0.119 e. The maximum atomic E-state index is 5.74. The fourth-order valence-corrected chi connectivity index (χ4v) is 3.60. The van der Waals surface area contributed by atoms with Gasteiger partial charge >= 0.3 is 0 Å². The van der Waals surface area contributed by atoms with E-state index in [2.05, 4.69) is 11.8 Å². The highest BCUT2D eigenvalue weighted by molar-refractivity contribution is 7.99. The molecule has 1 aromatic rings. The highest BCUT2D eigenvalue weighted by Crippen LogP contribution is 2.29. The minimum Gasteiger partial charge on any atom is -0.494 e. The minimum atomic E-state index is 0.578. The van der Waals surface area contributed by atoms with E-state index in [0.29, 0.717) is 6.54 Å². The predicted octanol–water partition coefficient (Wildman–Crippen LogP) is 3.59. The van der Waals surface area contributed by atoms with Crippen molar-refractivity contribution >= 4 is 11.8 Å². The van der Waals surface area contributed by atoms with Crippen molar-refractivity contribution in [3.63, 3.8) is 0 Å². The number of rotatable bonds is 7. The van der Waals surface area contributed by atoms with Crippen molar-refractivity contribution in [3.8, 4) is 5.75 Å². The molecule has 0 spiro atoms. The molecule has 0 aliphatic heterocycles.